The molecule has 2 aromatic rings. The van der Waals surface area contributed by atoms with Gasteiger partial charge < -0.3 is 9.88 Å². The second kappa shape index (κ2) is 5.52. The highest BCUT2D eigenvalue weighted by Crippen LogP contribution is 2.13. The molecule has 0 saturated heterocycles. The minimum absolute atomic E-state index is 0.0205. The van der Waals surface area contributed by atoms with E-state index in [1.165, 1.54) is 10.6 Å². The number of aryl methyl sites for hydroxylation is 2. The summed E-state index contributed by atoms with van der Waals surface area (Å²) < 4.78 is 1.37. The lowest BCUT2D eigenvalue weighted by atomic mass is 10.1. The van der Waals surface area contributed by atoms with Gasteiger partial charge in [-0.15, -0.1) is 0 Å². The Morgan fingerprint density at radius 1 is 1.16 bits per heavy atom. The molecule has 1 aromatic carbocycles. The second-order valence-electron chi connectivity index (χ2n) is 4.59. The molecule has 1 amide bonds. The van der Waals surface area contributed by atoms with Gasteiger partial charge in [-0.2, -0.15) is 0 Å². The van der Waals surface area contributed by atoms with Crippen molar-refractivity contribution in [2.45, 2.75) is 20.4 Å². The fourth-order valence-electron chi connectivity index (χ4n) is 1.99. The fraction of sp³-hybridized carbons (Fsp3) is 0.200. The summed E-state index contributed by atoms with van der Waals surface area (Å²) in [7, 11) is 0. The smallest absolute Gasteiger partial charge is 0.250 e. The molecule has 4 nitrogen and oxygen atoms in total. The summed E-state index contributed by atoms with van der Waals surface area (Å²) in [5.41, 5.74) is 2.75. The summed E-state index contributed by atoms with van der Waals surface area (Å²) in [6, 6.07) is 10.7. The van der Waals surface area contributed by atoms with Crippen LogP contribution in [0.2, 0.25) is 0 Å². The van der Waals surface area contributed by atoms with Crippen molar-refractivity contribution >= 4 is 11.6 Å². The van der Waals surface area contributed by atoms with Crippen molar-refractivity contribution in [1.82, 2.24) is 4.57 Å². The number of hydrogen-bond acceptors (Lipinski definition) is 2. The normalized spacial score (nSPS) is 10.2. The summed E-state index contributed by atoms with van der Waals surface area (Å²) in [4.78, 5) is 23.4. The molecule has 4 heteroatoms. The van der Waals surface area contributed by atoms with Crippen LogP contribution < -0.4 is 10.9 Å². The van der Waals surface area contributed by atoms with Crippen molar-refractivity contribution in [3.8, 4) is 0 Å². The number of pyridine rings is 1. The molecule has 19 heavy (non-hydrogen) atoms. The molecule has 0 fully saturated rings. The molecular weight excluding hydrogens is 240 g/mol. The van der Waals surface area contributed by atoms with E-state index in [0.717, 1.165) is 16.8 Å². The van der Waals surface area contributed by atoms with Gasteiger partial charge in [-0.3, -0.25) is 9.59 Å². The van der Waals surface area contributed by atoms with Crippen LogP contribution in [0.25, 0.3) is 0 Å². The van der Waals surface area contributed by atoms with E-state index in [-0.39, 0.29) is 18.0 Å². The molecule has 1 aromatic heterocycles. The maximum Gasteiger partial charge on any atom is 0.250 e. The van der Waals surface area contributed by atoms with E-state index in [1.807, 2.05) is 32.0 Å². The van der Waals surface area contributed by atoms with E-state index < -0.39 is 0 Å². The van der Waals surface area contributed by atoms with Gasteiger partial charge >= 0.3 is 0 Å². The maximum absolute atomic E-state index is 11.9. The summed E-state index contributed by atoms with van der Waals surface area (Å²) in [5, 5.41) is 2.80. The Bertz CT molecular complexity index is 639. The molecule has 1 heterocycles. The van der Waals surface area contributed by atoms with Gasteiger partial charge in [-0.05, 0) is 43.2 Å². The Labute approximate surface area is 111 Å². The van der Waals surface area contributed by atoms with Crippen LogP contribution >= 0.6 is 0 Å². The lowest BCUT2D eigenvalue weighted by Gasteiger charge is -2.08. The zero-order valence-corrected chi connectivity index (χ0v) is 11.0. The summed E-state index contributed by atoms with van der Waals surface area (Å²) in [6.07, 6.45) is 1.60. The molecular formula is C15H16N2O2. The third-order valence-electron chi connectivity index (χ3n) is 2.72. The van der Waals surface area contributed by atoms with Gasteiger partial charge in [0.05, 0.1) is 0 Å². The molecule has 0 aliphatic rings. The lowest BCUT2D eigenvalue weighted by Crippen LogP contribution is -2.26. The standard InChI is InChI=1S/C15H16N2O2/c1-11-7-12(2)9-13(8-11)16-14(18)10-17-6-4-3-5-15(17)19/h3-9H,10H2,1-2H3,(H,16,18). The van der Waals surface area contributed by atoms with Crippen molar-refractivity contribution in [2.24, 2.45) is 0 Å². The topological polar surface area (TPSA) is 51.1 Å². The first-order valence-corrected chi connectivity index (χ1v) is 6.08. The number of anilines is 1. The number of hydrogen-bond donors (Lipinski definition) is 1. The molecule has 98 valence electrons. The van der Waals surface area contributed by atoms with Crippen LogP contribution in [-0.2, 0) is 11.3 Å². The Balaban J connectivity index is 2.10. The van der Waals surface area contributed by atoms with Crippen LogP contribution in [0.1, 0.15) is 11.1 Å². The zero-order chi connectivity index (χ0) is 13.8. The third-order valence-corrected chi connectivity index (χ3v) is 2.72. The number of aromatic nitrogens is 1. The van der Waals surface area contributed by atoms with E-state index in [2.05, 4.69) is 5.32 Å². The highest BCUT2D eigenvalue weighted by molar-refractivity contribution is 5.90. The predicted octanol–water partition coefficient (Wildman–Crippen LogP) is 2.10. The number of carbonyl (C=O) groups is 1. The zero-order valence-electron chi connectivity index (χ0n) is 11.0. The monoisotopic (exact) mass is 256 g/mol. The van der Waals surface area contributed by atoms with Crippen LogP contribution in [0.5, 0.6) is 0 Å². The van der Waals surface area contributed by atoms with Gasteiger partial charge in [0.25, 0.3) is 5.56 Å². The molecule has 0 aliphatic carbocycles. The highest BCUT2D eigenvalue weighted by atomic mass is 16.2. The minimum atomic E-state index is -0.210. The number of amides is 1. The maximum atomic E-state index is 11.9. The first-order chi connectivity index (χ1) is 9.04. The van der Waals surface area contributed by atoms with Gasteiger partial charge in [0, 0.05) is 18.0 Å². The molecule has 0 bridgehead atoms. The van der Waals surface area contributed by atoms with Gasteiger partial charge in [-0.25, -0.2) is 0 Å². The summed E-state index contributed by atoms with van der Waals surface area (Å²) >= 11 is 0. The van der Waals surface area contributed by atoms with Crippen molar-refractivity contribution in [1.29, 1.82) is 0 Å². The van der Waals surface area contributed by atoms with Crippen molar-refractivity contribution < 1.29 is 4.79 Å². The van der Waals surface area contributed by atoms with Crippen LogP contribution in [-0.4, -0.2) is 10.5 Å². The van der Waals surface area contributed by atoms with Gasteiger partial charge in [0.1, 0.15) is 6.54 Å². The average molecular weight is 256 g/mol. The quantitative estimate of drug-likeness (QED) is 0.914. The van der Waals surface area contributed by atoms with E-state index in [0.29, 0.717) is 0 Å². The average Bonchev–Trinajstić information content (AvgIpc) is 2.30. The number of carbonyl (C=O) groups excluding carboxylic acids is 1. The SMILES string of the molecule is Cc1cc(C)cc(NC(=O)Cn2ccccc2=O)c1. The number of rotatable bonds is 3. The molecule has 2 rings (SSSR count). The van der Waals surface area contributed by atoms with Crippen LogP contribution in [0.15, 0.2) is 47.4 Å². The molecule has 0 unspecified atom stereocenters. The fourth-order valence-corrected chi connectivity index (χ4v) is 1.99. The third kappa shape index (κ3) is 3.55. The number of nitrogens with zero attached hydrogens (tertiary/aromatic N) is 1. The van der Waals surface area contributed by atoms with Crippen molar-refractivity contribution in [3.63, 3.8) is 0 Å². The van der Waals surface area contributed by atoms with E-state index in [4.69, 9.17) is 0 Å². The largest absolute Gasteiger partial charge is 0.325 e. The van der Waals surface area contributed by atoms with Crippen LogP contribution in [0.3, 0.4) is 0 Å². The Hall–Kier alpha value is -2.36. The minimum Gasteiger partial charge on any atom is -0.325 e. The molecule has 0 aliphatic heterocycles. The highest BCUT2D eigenvalue weighted by Gasteiger charge is 2.05. The molecule has 0 atom stereocenters. The van der Waals surface area contributed by atoms with E-state index in [9.17, 15) is 9.59 Å². The first-order valence-electron chi connectivity index (χ1n) is 6.08. The number of benzene rings is 1. The van der Waals surface area contributed by atoms with Gasteiger partial charge in [0.15, 0.2) is 0 Å². The molecule has 0 spiro atoms. The van der Waals surface area contributed by atoms with Crippen molar-refractivity contribution in [2.75, 3.05) is 5.32 Å². The van der Waals surface area contributed by atoms with E-state index in [1.54, 1.807) is 18.3 Å². The molecule has 1 N–H and O–H groups in total. The predicted molar refractivity (Wildman–Crippen MR) is 75.2 cm³/mol. The summed E-state index contributed by atoms with van der Waals surface area (Å²) in [5.74, 6) is -0.210. The number of nitrogens with one attached hydrogen (secondary N) is 1. The summed E-state index contributed by atoms with van der Waals surface area (Å²) in [6.45, 7) is 3.97. The Kier molecular flexibility index (Phi) is 3.80. The second-order valence-corrected chi connectivity index (χ2v) is 4.59. The Morgan fingerprint density at radius 3 is 2.47 bits per heavy atom. The van der Waals surface area contributed by atoms with Crippen LogP contribution in [0.4, 0.5) is 5.69 Å². The van der Waals surface area contributed by atoms with Gasteiger partial charge in [0.2, 0.25) is 5.91 Å². The first kappa shape index (κ1) is 13.1. The molecule has 0 radical (unpaired) electrons. The van der Waals surface area contributed by atoms with Crippen molar-refractivity contribution in [3.05, 3.63) is 64.1 Å². The van der Waals surface area contributed by atoms with Gasteiger partial charge in [-0.1, -0.05) is 12.1 Å². The Morgan fingerprint density at radius 2 is 1.84 bits per heavy atom. The lowest BCUT2D eigenvalue weighted by molar-refractivity contribution is -0.116. The van der Waals surface area contributed by atoms with E-state index >= 15 is 0 Å². The van der Waals surface area contributed by atoms with Crippen LogP contribution in [0, 0.1) is 13.8 Å². The molecule has 0 saturated carbocycles.